The van der Waals surface area contributed by atoms with Gasteiger partial charge in [-0.1, -0.05) is 20.8 Å². The Kier molecular flexibility index (Phi) is 6.84. The molecule has 1 fully saturated rings. The lowest BCUT2D eigenvalue weighted by molar-refractivity contribution is -0.150. The number of piperazine rings is 1. The highest BCUT2D eigenvalue weighted by atomic mass is 16.2. The number of carbonyl (C=O) groups is 2. The zero-order valence-electron chi connectivity index (χ0n) is 12.4. The fraction of sp³-hybridized carbons (Fsp3) is 0.857. The van der Waals surface area contributed by atoms with Gasteiger partial charge in [0.1, 0.15) is 0 Å². The van der Waals surface area contributed by atoms with Gasteiger partial charge < -0.3 is 15.1 Å². The lowest BCUT2D eigenvalue weighted by atomic mass is 10.1. The van der Waals surface area contributed by atoms with Crippen molar-refractivity contribution in [2.24, 2.45) is 5.92 Å². The number of carbonyl (C=O) groups excluding carboxylic acids is 2. The molecule has 1 rings (SSSR count). The highest BCUT2D eigenvalue weighted by molar-refractivity contribution is 5.92. The SMILES string of the molecule is CCCNCC(C)CN1CC(=O)N(CCC)CC1=O. The van der Waals surface area contributed by atoms with Gasteiger partial charge >= 0.3 is 0 Å². The van der Waals surface area contributed by atoms with Crippen molar-refractivity contribution in [1.29, 1.82) is 0 Å². The topological polar surface area (TPSA) is 52.7 Å². The molecule has 1 aliphatic rings. The molecule has 0 aromatic rings. The molecule has 5 nitrogen and oxygen atoms in total. The minimum atomic E-state index is 0.0789. The lowest BCUT2D eigenvalue weighted by Gasteiger charge is -2.35. The monoisotopic (exact) mass is 269 g/mol. The molecule has 0 radical (unpaired) electrons. The summed E-state index contributed by atoms with van der Waals surface area (Å²) in [4.78, 5) is 27.3. The molecule has 0 aliphatic carbocycles. The Hall–Kier alpha value is -1.10. The van der Waals surface area contributed by atoms with Crippen LogP contribution in [0.15, 0.2) is 0 Å². The van der Waals surface area contributed by atoms with Gasteiger partial charge in [-0.05, 0) is 31.8 Å². The first kappa shape index (κ1) is 16.0. The first-order chi connectivity index (χ1) is 9.08. The summed E-state index contributed by atoms with van der Waals surface area (Å²) in [7, 11) is 0. The van der Waals surface area contributed by atoms with Crippen molar-refractivity contribution in [2.45, 2.75) is 33.6 Å². The van der Waals surface area contributed by atoms with Crippen LogP contribution in [0.4, 0.5) is 0 Å². The smallest absolute Gasteiger partial charge is 0.242 e. The quantitative estimate of drug-likeness (QED) is 0.660. The van der Waals surface area contributed by atoms with Crippen molar-refractivity contribution in [3.05, 3.63) is 0 Å². The molecule has 0 aromatic heterocycles. The summed E-state index contributed by atoms with van der Waals surface area (Å²) in [5, 5.41) is 3.35. The molecule has 1 aliphatic heterocycles. The molecule has 1 N–H and O–H groups in total. The van der Waals surface area contributed by atoms with Crippen molar-refractivity contribution in [3.63, 3.8) is 0 Å². The van der Waals surface area contributed by atoms with Crippen LogP contribution in [0.25, 0.3) is 0 Å². The van der Waals surface area contributed by atoms with E-state index in [2.05, 4.69) is 19.2 Å². The van der Waals surface area contributed by atoms with Crippen molar-refractivity contribution >= 4 is 11.8 Å². The minimum Gasteiger partial charge on any atom is -0.332 e. The third kappa shape index (κ3) is 5.19. The maximum absolute atomic E-state index is 12.0. The molecular weight excluding hydrogens is 242 g/mol. The van der Waals surface area contributed by atoms with Gasteiger partial charge in [-0.25, -0.2) is 0 Å². The first-order valence-electron chi connectivity index (χ1n) is 7.34. The number of nitrogens with one attached hydrogen (secondary N) is 1. The Morgan fingerprint density at radius 1 is 1.11 bits per heavy atom. The van der Waals surface area contributed by atoms with E-state index >= 15 is 0 Å². The molecule has 1 saturated heterocycles. The average molecular weight is 269 g/mol. The number of hydrogen-bond acceptors (Lipinski definition) is 3. The second-order valence-electron chi connectivity index (χ2n) is 5.40. The Labute approximate surface area is 116 Å². The Morgan fingerprint density at radius 3 is 2.37 bits per heavy atom. The zero-order valence-corrected chi connectivity index (χ0v) is 12.4. The Bertz CT molecular complexity index is 307. The number of rotatable bonds is 8. The summed E-state index contributed by atoms with van der Waals surface area (Å²) in [6, 6.07) is 0. The van der Waals surface area contributed by atoms with Crippen LogP contribution in [0.2, 0.25) is 0 Å². The van der Waals surface area contributed by atoms with Crippen LogP contribution in [0.3, 0.4) is 0 Å². The second-order valence-corrected chi connectivity index (χ2v) is 5.40. The molecule has 0 bridgehead atoms. The van der Waals surface area contributed by atoms with Crippen LogP contribution in [-0.2, 0) is 9.59 Å². The van der Waals surface area contributed by atoms with E-state index in [1.807, 2.05) is 6.92 Å². The fourth-order valence-corrected chi connectivity index (χ4v) is 2.31. The molecule has 1 atom stereocenters. The predicted octanol–water partition coefficient (Wildman–Crippen LogP) is 0.703. The maximum Gasteiger partial charge on any atom is 0.242 e. The second kappa shape index (κ2) is 8.15. The average Bonchev–Trinajstić information content (AvgIpc) is 2.36. The minimum absolute atomic E-state index is 0.0789. The van der Waals surface area contributed by atoms with Crippen LogP contribution >= 0.6 is 0 Å². The highest BCUT2D eigenvalue weighted by Gasteiger charge is 2.29. The number of hydrogen-bond donors (Lipinski definition) is 1. The molecule has 0 spiro atoms. The number of amides is 2. The van der Waals surface area contributed by atoms with Crippen LogP contribution in [-0.4, -0.2) is 60.9 Å². The molecule has 19 heavy (non-hydrogen) atoms. The third-order valence-corrected chi connectivity index (χ3v) is 3.30. The van der Waals surface area contributed by atoms with Crippen LogP contribution < -0.4 is 5.32 Å². The molecular formula is C14H27N3O2. The van der Waals surface area contributed by atoms with E-state index in [0.717, 1.165) is 25.9 Å². The molecule has 110 valence electrons. The van der Waals surface area contributed by atoms with Crippen molar-refractivity contribution in [1.82, 2.24) is 15.1 Å². The van der Waals surface area contributed by atoms with E-state index in [9.17, 15) is 9.59 Å². The lowest BCUT2D eigenvalue weighted by Crippen LogP contribution is -2.55. The van der Waals surface area contributed by atoms with Gasteiger partial charge in [0, 0.05) is 13.1 Å². The molecule has 0 saturated carbocycles. The van der Waals surface area contributed by atoms with Crippen LogP contribution in [0.5, 0.6) is 0 Å². The van der Waals surface area contributed by atoms with Gasteiger partial charge in [0.05, 0.1) is 13.1 Å². The van der Waals surface area contributed by atoms with Gasteiger partial charge in [0.2, 0.25) is 11.8 Å². The van der Waals surface area contributed by atoms with E-state index < -0.39 is 0 Å². The third-order valence-electron chi connectivity index (χ3n) is 3.30. The summed E-state index contributed by atoms with van der Waals surface area (Å²) in [6.07, 6.45) is 2.01. The largest absolute Gasteiger partial charge is 0.332 e. The summed E-state index contributed by atoms with van der Waals surface area (Å²) >= 11 is 0. The standard InChI is InChI=1S/C14H27N3O2/c1-4-6-15-8-12(3)9-17-11-13(18)16(7-5-2)10-14(17)19/h12,15H,4-11H2,1-3H3. The van der Waals surface area contributed by atoms with E-state index in [1.54, 1.807) is 9.80 Å². The van der Waals surface area contributed by atoms with Crippen molar-refractivity contribution in [2.75, 3.05) is 39.3 Å². The molecule has 2 amide bonds. The predicted molar refractivity (Wildman–Crippen MR) is 75.8 cm³/mol. The van der Waals surface area contributed by atoms with E-state index in [-0.39, 0.29) is 24.9 Å². The summed E-state index contributed by atoms with van der Waals surface area (Å²) in [6.45, 7) is 10.0. The fourth-order valence-electron chi connectivity index (χ4n) is 2.31. The van der Waals surface area contributed by atoms with Crippen molar-refractivity contribution in [3.8, 4) is 0 Å². The first-order valence-corrected chi connectivity index (χ1v) is 7.34. The number of nitrogens with zero attached hydrogens (tertiary/aromatic N) is 2. The van der Waals surface area contributed by atoms with Crippen LogP contribution in [0.1, 0.15) is 33.6 Å². The molecule has 5 heteroatoms. The van der Waals surface area contributed by atoms with Gasteiger partial charge in [-0.2, -0.15) is 0 Å². The van der Waals surface area contributed by atoms with Gasteiger partial charge in [-0.15, -0.1) is 0 Å². The Balaban J connectivity index is 2.38. The summed E-state index contributed by atoms with van der Waals surface area (Å²) < 4.78 is 0. The summed E-state index contributed by atoms with van der Waals surface area (Å²) in [5.41, 5.74) is 0. The molecule has 1 heterocycles. The van der Waals surface area contributed by atoms with E-state index in [0.29, 0.717) is 19.0 Å². The Morgan fingerprint density at radius 2 is 1.74 bits per heavy atom. The van der Waals surface area contributed by atoms with E-state index in [1.165, 1.54) is 0 Å². The molecule has 1 unspecified atom stereocenters. The van der Waals surface area contributed by atoms with Crippen molar-refractivity contribution < 1.29 is 9.59 Å². The summed E-state index contributed by atoms with van der Waals surface area (Å²) in [5.74, 6) is 0.534. The van der Waals surface area contributed by atoms with Crippen LogP contribution in [0, 0.1) is 5.92 Å². The molecule has 0 aromatic carbocycles. The highest BCUT2D eigenvalue weighted by Crippen LogP contribution is 2.08. The normalized spacial score (nSPS) is 18.1. The zero-order chi connectivity index (χ0) is 14.3. The van der Waals surface area contributed by atoms with Gasteiger partial charge in [0.25, 0.3) is 0 Å². The maximum atomic E-state index is 12.0. The van der Waals surface area contributed by atoms with Gasteiger partial charge in [0.15, 0.2) is 0 Å². The van der Waals surface area contributed by atoms with E-state index in [4.69, 9.17) is 0 Å². The van der Waals surface area contributed by atoms with Gasteiger partial charge in [-0.3, -0.25) is 9.59 Å².